The van der Waals surface area contributed by atoms with Gasteiger partial charge in [-0.15, -0.1) is 0 Å². The number of benzene rings is 1. The first-order valence-electron chi connectivity index (χ1n) is 7.50. The highest BCUT2D eigenvalue weighted by Gasteiger charge is 2.34. The van der Waals surface area contributed by atoms with Crippen LogP contribution in [0.5, 0.6) is 0 Å². The molecule has 1 N–H and O–H groups in total. The Morgan fingerprint density at radius 3 is 2.80 bits per heavy atom. The molecule has 4 nitrogen and oxygen atoms in total. The molecule has 4 heteroatoms. The van der Waals surface area contributed by atoms with E-state index >= 15 is 0 Å². The number of rotatable bonds is 5. The highest BCUT2D eigenvalue weighted by Crippen LogP contribution is 2.20. The molecule has 1 aromatic carbocycles. The lowest BCUT2D eigenvalue weighted by Crippen LogP contribution is -2.56. The van der Waals surface area contributed by atoms with Gasteiger partial charge in [-0.25, -0.2) is 0 Å². The Morgan fingerprint density at radius 1 is 1.30 bits per heavy atom. The Hall–Kier alpha value is -1.39. The normalized spacial score (nSPS) is 26.2. The van der Waals surface area contributed by atoms with Gasteiger partial charge in [0.05, 0.1) is 12.1 Å². The molecular weight excluding hydrogens is 252 g/mol. The largest absolute Gasteiger partial charge is 0.376 e. The maximum Gasteiger partial charge on any atom is 0.237 e. The first-order chi connectivity index (χ1) is 9.83. The molecule has 0 aliphatic carbocycles. The summed E-state index contributed by atoms with van der Waals surface area (Å²) in [6.07, 6.45) is 3.37. The zero-order valence-corrected chi connectivity index (χ0v) is 11.8. The molecule has 0 bridgehead atoms. The van der Waals surface area contributed by atoms with Gasteiger partial charge >= 0.3 is 0 Å². The summed E-state index contributed by atoms with van der Waals surface area (Å²) < 4.78 is 5.53. The van der Waals surface area contributed by atoms with E-state index in [4.69, 9.17) is 4.74 Å². The van der Waals surface area contributed by atoms with Crippen LogP contribution in [-0.4, -0.2) is 42.6 Å². The summed E-state index contributed by atoms with van der Waals surface area (Å²) in [4.78, 5) is 14.4. The third kappa shape index (κ3) is 3.19. The zero-order valence-electron chi connectivity index (χ0n) is 11.8. The van der Waals surface area contributed by atoms with Gasteiger partial charge in [0, 0.05) is 26.2 Å². The first kappa shape index (κ1) is 13.6. The van der Waals surface area contributed by atoms with Crippen LogP contribution in [-0.2, 0) is 16.1 Å². The van der Waals surface area contributed by atoms with E-state index < -0.39 is 0 Å². The van der Waals surface area contributed by atoms with Crippen molar-refractivity contribution in [3.8, 4) is 0 Å². The second kappa shape index (κ2) is 6.37. The molecule has 2 aliphatic rings. The third-order valence-corrected chi connectivity index (χ3v) is 4.19. The molecule has 0 spiro atoms. The summed E-state index contributed by atoms with van der Waals surface area (Å²) in [5.41, 5.74) is 1.27. The number of carbonyl (C=O) groups excluding carboxylic acids is 1. The van der Waals surface area contributed by atoms with Crippen LogP contribution in [0.4, 0.5) is 0 Å². The van der Waals surface area contributed by atoms with E-state index in [0.717, 1.165) is 39.0 Å². The number of nitrogens with zero attached hydrogens (tertiary/aromatic N) is 1. The minimum Gasteiger partial charge on any atom is -0.376 e. The molecule has 3 rings (SSSR count). The Bertz CT molecular complexity index is 443. The molecule has 1 amide bonds. The Balaban J connectivity index is 1.46. The molecule has 2 heterocycles. The van der Waals surface area contributed by atoms with Gasteiger partial charge in [0.1, 0.15) is 0 Å². The molecule has 1 aromatic rings. The average Bonchev–Trinajstić information content (AvgIpc) is 2.96. The molecule has 2 aliphatic heterocycles. The fourth-order valence-electron chi connectivity index (χ4n) is 2.88. The van der Waals surface area contributed by atoms with Crippen molar-refractivity contribution < 1.29 is 9.53 Å². The van der Waals surface area contributed by atoms with Crippen molar-refractivity contribution in [2.24, 2.45) is 0 Å². The minimum absolute atomic E-state index is 0.0385. The number of amides is 1. The van der Waals surface area contributed by atoms with Crippen molar-refractivity contribution in [1.29, 1.82) is 0 Å². The second-order valence-corrected chi connectivity index (χ2v) is 5.64. The van der Waals surface area contributed by atoms with Crippen molar-refractivity contribution in [2.45, 2.75) is 38.0 Å². The molecule has 0 aromatic heterocycles. The van der Waals surface area contributed by atoms with Crippen LogP contribution in [0, 0.1) is 0 Å². The van der Waals surface area contributed by atoms with Crippen LogP contribution in [0.15, 0.2) is 30.3 Å². The lowest BCUT2D eigenvalue weighted by atomic mass is 10.0. The van der Waals surface area contributed by atoms with E-state index in [1.807, 2.05) is 18.2 Å². The average molecular weight is 274 g/mol. The van der Waals surface area contributed by atoms with Crippen molar-refractivity contribution in [1.82, 2.24) is 10.2 Å². The zero-order chi connectivity index (χ0) is 13.8. The topological polar surface area (TPSA) is 41.6 Å². The summed E-state index contributed by atoms with van der Waals surface area (Å²) in [6, 6.07) is 10.4. The van der Waals surface area contributed by atoms with Crippen LogP contribution in [0.1, 0.15) is 24.8 Å². The minimum atomic E-state index is 0.0385. The maximum absolute atomic E-state index is 12.2. The van der Waals surface area contributed by atoms with Gasteiger partial charge in [0.2, 0.25) is 5.91 Å². The summed E-state index contributed by atoms with van der Waals surface area (Å²) in [5, 5.41) is 3.04. The highest BCUT2D eigenvalue weighted by molar-refractivity contribution is 5.82. The van der Waals surface area contributed by atoms with Crippen molar-refractivity contribution in [2.75, 3.05) is 19.7 Å². The Labute approximate surface area is 120 Å². The van der Waals surface area contributed by atoms with Crippen LogP contribution < -0.4 is 5.32 Å². The number of ether oxygens (including phenoxy) is 1. The van der Waals surface area contributed by atoms with Crippen LogP contribution in [0.2, 0.25) is 0 Å². The fraction of sp³-hybridized carbons (Fsp3) is 0.562. The quantitative estimate of drug-likeness (QED) is 0.886. The number of hydrogen-bond acceptors (Lipinski definition) is 3. The molecular formula is C16H22N2O2. The maximum atomic E-state index is 12.2. The number of nitrogens with one attached hydrogen (secondary N) is 1. The molecule has 2 atom stereocenters. The lowest BCUT2D eigenvalue weighted by molar-refractivity contribution is -0.131. The first-order valence-corrected chi connectivity index (χ1v) is 7.50. The fourth-order valence-corrected chi connectivity index (χ4v) is 2.88. The van der Waals surface area contributed by atoms with E-state index in [1.165, 1.54) is 5.56 Å². The van der Waals surface area contributed by atoms with Gasteiger partial charge in [0.15, 0.2) is 0 Å². The molecule has 0 radical (unpaired) electrons. The van der Waals surface area contributed by atoms with E-state index in [0.29, 0.717) is 6.54 Å². The second-order valence-electron chi connectivity index (χ2n) is 5.64. The lowest BCUT2D eigenvalue weighted by Gasteiger charge is -2.39. The molecule has 0 saturated carbocycles. The molecule has 2 fully saturated rings. The van der Waals surface area contributed by atoms with Crippen LogP contribution in [0.3, 0.4) is 0 Å². The van der Waals surface area contributed by atoms with Gasteiger partial charge in [-0.1, -0.05) is 30.3 Å². The van der Waals surface area contributed by atoms with Gasteiger partial charge in [-0.3, -0.25) is 9.69 Å². The molecule has 20 heavy (non-hydrogen) atoms. The van der Waals surface area contributed by atoms with Crippen molar-refractivity contribution in [3.63, 3.8) is 0 Å². The van der Waals surface area contributed by atoms with Crippen LogP contribution >= 0.6 is 0 Å². The summed E-state index contributed by atoms with van der Waals surface area (Å²) in [6.45, 7) is 3.37. The number of carbonyl (C=O) groups is 1. The number of hydrogen-bond donors (Lipinski definition) is 1. The van der Waals surface area contributed by atoms with Gasteiger partial charge in [-0.05, 0) is 24.8 Å². The third-order valence-electron chi connectivity index (χ3n) is 4.19. The molecule has 108 valence electrons. The smallest absolute Gasteiger partial charge is 0.237 e. The van der Waals surface area contributed by atoms with E-state index in [1.54, 1.807) is 0 Å². The highest BCUT2D eigenvalue weighted by atomic mass is 16.5. The number of likely N-dealkylation sites (tertiary alicyclic amines) is 1. The predicted octanol–water partition coefficient (Wildman–Crippen LogP) is 1.56. The van der Waals surface area contributed by atoms with Gasteiger partial charge in [0.25, 0.3) is 0 Å². The Morgan fingerprint density at radius 2 is 2.15 bits per heavy atom. The summed E-state index contributed by atoms with van der Waals surface area (Å²) in [7, 11) is 0. The summed E-state index contributed by atoms with van der Waals surface area (Å²) in [5.74, 6) is 0.155. The SMILES string of the molecule is O=C(NCC1CCCO1)C1CCN1Cc1ccccc1. The van der Waals surface area contributed by atoms with E-state index in [-0.39, 0.29) is 18.1 Å². The summed E-state index contributed by atoms with van der Waals surface area (Å²) >= 11 is 0. The predicted molar refractivity (Wildman–Crippen MR) is 77.2 cm³/mol. The van der Waals surface area contributed by atoms with Crippen molar-refractivity contribution >= 4 is 5.91 Å². The van der Waals surface area contributed by atoms with E-state index in [9.17, 15) is 4.79 Å². The van der Waals surface area contributed by atoms with Gasteiger partial charge in [-0.2, -0.15) is 0 Å². The molecule has 2 saturated heterocycles. The van der Waals surface area contributed by atoms with Gasteiger partial charge < -0.3 is 10.1 Å². The molecule has 2 unspecified atom stereocenters. The standard InChI is InChI=1S/C16H22N2O2/c19-16(17-11-14-7-4-10-20-14)15-8-9-18(15)12-13-5-2-1-3-6-13/h1-3,5-6,14-15H,4,7-12H2,(H,17,19). The van der Waals surface area contributed by atoms with E-state index in [2.05, 4.69) is 22.3 Å². The monoisotopic (exact) mass is 274 g/mol. The van der Waals surface area contributed by atoms with Crippen LogP contribution in [0.25, 0.3) is 0 Å². The Kier molecular flexibility index (Phi) is 4.33. The van der Waals surface area contributed by atoms with Crippen molar-refractivity contribution in [3.05, 3.63) is 35.9 Å².